The van der Waals surface area contributed by atoms with E-state index in [1.807, 2.05) is 31.2 Å². The molecule has 7 heteroatoms. The number of carboxylic acid groups (broad SMARTS) is 1. The Labute approximate surface area is 204 Å². The fraction of sp³-hybridized carbons (Fsp3) is 0.296. The fourth-order valence-electron chi connectivity index (χ4n) is 3.24. The molecule has 0 radical (unpaired) electrons. The third-order valence-corrected chi connectivity index (χ3v) is 5.88. The highest BCUT2D eigenvalue weighted by Gasteiger charge is 2.31. The summed E-state index contributed by atoms with van der Waals surface area (Å²) in [5, 5.41) is 9.85. The van der Waals surface area contributed by atoms with Gasteiger partial charge in [0.2, 0.25) is 0 Å². The first-order valence-electron chi connectivity index (χ1n) is 11.1. The van der Waals surface area contributed by atoms with Gasteiger partial charge < -0.3 is 19.3 Å². The van der Waals surface area contributed by atoms with Gasteiger partial charge in [-0.1, -0.05) is 30.7 Å². The molecule has 0 fully saturated rings. The lowest BCUT2D eigenvalue weighted by Gasteiger charge is -2.23. The Morgan fingerprint density at radius 1 is 0.941 bits per heavy atom. The summed E-state index contributed by atoms with van der Waals surface area (Å²) in [6.07, 6.45) is 1.69. The summed E-state index contributed by atoms with van der Waals surface area (Å²) < 4.78 is 30.1. The van der Waals surface area contributed by atoms with Crippen LogP contribution in [0.4, 0.5) is 4.39 Å². The molecule has 5 nitrogen and oxygen atoms in total. The van der Waals surface area contributed by atoms with Crippen LogP contribution in [0.3, 0.4) is 0 Å². The highest BCUT2D eigenvalue weighted by molar-refractivity contribution is 6.32. The van der Waals surface area contributed by atoms with Crippen molar-refractivity contribution in [2.75, 3.05) is 13.2 Å². The van der Waals surface area contributed by atoms with Crippen LogP contribution in [0.15, 0.2) is 66.7 Å². The predicted molar refractivity (Wildman–Crippen MR) is 130 cm³/mol. The average molecular weight is 487 g/mol. The van der Waals surface area contributed by atoms with E-state index in [2.05, 4.69) is 0 Å². The number of benzene rings is 3. The quantitative estimate of drug-likeness (QED) is 0.275. The number of aliphatic carboxylic acids is 1. The van der Waals surface area contributed by atoms with Gasteiger partial charge in [-0.15, -0.1) is 0 Å². The predicted octanol–water partition coefficient (Wildman–Crippen LogP) is 7.16. The van der Waals surface area contributed by atoms with Crippen LogP contribution >= 0.6 is 11.6 Å². The van der Waals surface area contributed by atoms with Crippen molar-refractivity contribution >= 4 is 17.6 Å². The van der Waals surface area contributed by atoms with Gasteiger partial charge in [-0.2, -0.15) is 0 Å². The second-order valence-electron chi connectivity index (χ2n) is 8.24. The largest absolute Gasteiger partial charge is 0.493 e. The van der Waals surface area contributed by atoms with E-state index in [0.717, 1.165) is 11.3 Å². The highest BCUT2D eigenvalue weighted by Crippen LogP contribution is 2.31. The Balaban J connectivity index is 1.41. The molecule has 0 amide bonds. The van der Waals surface area contributed by atoms with Crippen LogP contribution in [0.5, 0.6) is 23.0 Å². The van der Waals surface area contributed by atoms with Gasteiger partial charge in [0.05, 0.1) is 23.7 Å². The van der Waals surface area contributed by atoms with Gasteiger partial charge in [-0.05, 0) is 73.9 Å². The van der Waals surface area contributed by atoms with Crippen molar-refractivity contribution in [3.05, 3.63) is 83.1 Å². The molecular weight excluding hydrogens is 459 g/mol. The van der Waals surface area contributed by atoms with Crippen LogP contribution < -0.4 is 14.2 Å². The first-order chi connectivity index (χ1) is 16.3. The molecule has 0 aliphatic heterocycles. The summed E-state index contributed by atoms with van der Waals surface area (Å²) in [7, 11) is 0. The van der Waals surface area contributed by atoms with Crippen LogP contribution in [0.25, 0.3) is 0 Å². The minimum atomic E-state index is -0.787. The molecule has 0 unspecified atom stereocenters. The van der Waals surface area contributed by atoms with E-state index in [9.17, 15) is 14.3 Å². The zero-order valence-corrected chi connectivity index (χ0v) is 20.0. The second-order valence-corrected chi connectivity index (χ2v) is 8.65. The third kappa shape index (κ3) is 7.12. The number of ether oxygens (including phenoxy) is 3. The standard InChI is InChI=1S/C27H28ClFO5/c1-3-27(2,26(30)31)18-19-5-9-21(10-6-19)32-15-4-16-33-25-14-13-23(17-24(25)28)34-22-11-7-20(29)8-12-22/h5-14,17H,3-4,15-16,18H2,1-2H3,(H,30,31)/t27-/m1/s1. The van der Waals surface area contributed by atoms with Crippen molar-refractivity contribution in [1.29, 1.82) is 0 Å². The molecule has 0 spiro atoms. The lowest BCUT2D eigenvalue weighted by Crippen LogP contribution is -2.29. The van der Waals surface area contributed by atoms with Crippen molar-refractivity contribution in [2.24, 2.45) is 5.41 Å². The SMILES string of the molecule is CC[C@](C)(Cc1ccc(OCCCOc2ccc(Oc3ccc(F)cc3)cc2Cl)cc1)C(=O)O. The Morgan fingerprint density at radius 3 is 2.18 bits per heavy atom. The topological polar surface area (TPSA) is 65.0 Å². The number of halogens is 2. The van der Waals surface area contributed by atoms with Crippen LogP contribution in [-0.2, 0) is 11.2 Å². The minimum Gasteiger partial charge on any atom is -0.493 e. The lowest BCUT2D eigenvalue weighted by molar-refractivity contribution is -0.148. The van der Waals surface area contributed by atoms with Gasteiger partial charge in [-0.3, -0.25) is 4.79 Å². The van der Waals surface area contributed by atoms with Crippen molar-refractivity contribution in [3.8, 4) is 23.0 Å². The highest BCUT2D eigenvalue weighted by atomic mass is 35.5. The van der Waals surface area contributed by atoms with E-state index in [1.165, 1.54) is 12.1 Å². The molecular formula is C27H28ClFO5. The molecule has 0 aliphatic rings. The molecule has 1 N–H and O–H groups in total. The minimum absolute atomic E-state index is 0.328. The van der Waals surface area contributed by atoms with Crippen LogP contribution in [-0.4, -0.2) is 24.3 Å². The van der Waals surface area contributed by atoms with Crippen molar-refractivity contribution in [3.63, 3.8) is 0 Å². The first kappa shape index (κ1) is 25.4. The second kappa shape index (κ2) is 11.7. The van der Waals surface area contributed by atoms with Crippen LogP contribution in [0.1, 0.15) is 32.3 Å². The third-order valence-electron chi connectivity index (χ3n) is 5.58. The molecule has 3 aromatic carbocycles. The molecule has 0 saturated heterocycles. The normalized spacial score (nSPS) is 12.6. The fourth-order valence-corrected chi connectivity index (χ4v) is 3.46. The molecule has 0 bridgehead atoms. The monoisotopic (exact) mass is 486 g/mol. The van der Waals surface area contributed by atoms with Crippen LogP contribution in [0, 0.1) is 11.2 Å². The molecule has 0 heterocycles. The maximum Gasteiger partial charge on any atom is 0.309 e. The number of hydrogen-bond donors (Lipinski definition) is 1. The van der Waals surface area contributed by atoms with Gasteiger partial charge >= 0.3 is 5.97 Å². The Morgan fingerprint density at radius 2 is 1.56 bits per heavy atom. The smallest absolute Gasteiger partial charge is 0.309 e. The zero-order valence-electron chi connectivity index (χ0n) is 19.2. The van der Waals surface area contributed by atoms with E-state index in [-0.39, 0.29) is 5.82 Å². The molecule has 0 aliphatic carbocycles. The summed E-state index contributed by atoms with van der Waals surface area (Å²) in [5.74, 6) is 1.18. The summed E-state index contributed by atoms with van der Waals surface area (Å²) in [6, 6.07) is 18.3. The molecule has 3 aromatic rings. The molecule has 3 rings (SSSR count). The van der Waals surface area contributed by atoms with Crippen molar-refractivity contribution < 1.29 is 28.5 Å². The Kier molecular flexibility index (Phi) is 8.77. The number of rotatable bonds is 12. The summed E-state index contributed by atoms with van der Waals surface area (Å²) in [4.78, 5) is 11.5. The molecule has 1 atom stereocenters. The maximum absolute atomic E-state index is 13.0. The van der Waals surface area contributed by atoms with E-state index >= 15 is 0 Å². The Bertz CT molecular complexity index is 1090. The molecule has 180 valence electrons. The molecule has 34 heavy (non-hydrogen) atoms. The number of carbonyl (C=O) groups is 1. The summed E-state index contributed by atoms with van der Waals surface area (Å²) >= 11 is 6.29. The van der Waals surface area contributed by atoms with E-state index in [0.29, 0.717) is 54.7 Å². The van der Waals surface area contributed by atoms with E-state index in [4.69, 9.17) is 25.8 Å². The summed E-state index contributed by atoms with van der Waals surface area (Å²) in [6.45, 7) is 4.53. The first-order valence-corrected chi connectivity index (χ1v) is 11.5. The summed E-state index contributed by atoms with van der Waals surface area (Å²) in [5.41, 5.74) is 0.190. The van der Waals surface area contributed by atoms with Gasteiger partial charge in [0.15, 0.2) is 0 Å². The molecule has 0 saturated carbocycles. The van der Waals surface area contributed by atoms with Crippen molar-refractivity contribution in [2.45, 2.75) is 33.1 Å². The van der Waals surface area contributed by atoms with Gasteiger partial charge in [-0.25, -0.2) is 4.39 Å². The van der Waals surface area contributed by atoms with E-state index in [1.54, 1.807) is 37.3 Å². The number of carboxylic acids is 1. The van der Waals surface area contributed by atoms with Crippen molar-refractivity contribution in [1.82, 2.24) is 0 Å². The van der Waals surface area contributed by atoms with E-state index < -0.39 is 11.4 Å². The maximum atomic E-state index is 13.0. The van der Waals surface area contributed by atoms with Gasteiger partial charge in [0.25, 0.3) is 0 Å². The zero-order chi connectivity index (χ0) is 24.6. The number of hydrogen-bond acceptors (Lipinski definition) is 4. The van der Waals surface area contributed by atoms with Crippen LogP contribution in [0.2, 0.25) is 5.02 Å². The average Bonchev–Trinajstić information content (AvgIpc) is 2.82. The lowest BCUT2D eigenvalue weighted by atomic mass is 9.81. The van der Waals surface area contributed by atoms with Gasteiger partial charge in [0.1, 0.15) is 28.8 Å². The van der Waals surface area contributed by atoms with Gasteiger partial charge in [0, 0.05) is 12.5 Å². The Hall–Kier alpha value is -3.25. The molecule has 0 aromatic heterocycles.